The Morgan fingerprint density at radius 1 is 1.15 bits per heavy atom. The molecule has 1 saturated heterocycles. The molecule has 1 heterocycles. The molecule has 0 saturated carbocycles. The standard InChI is InChI=1S/C18H24BFN2O4/c1-6-15(23)21-9-10-22-16(24)13-8-7-12(11-14(13)20)19-25-17(2,3)18(4,5)26-19/h6-8,11H,1,9-10H2,2-5H3,(H,21,23)(H,22,24). The molecule has 1 aliphatic rings. The molecule has 0 unspecified atom stereocenters. The fraction of sp³-hybridized carbons (Fsp3) is 0.444. The zero-order valence-electron chi connectivity index (χ0n) is 15.5. The predicted molar refractivity (Wildman–Crippen MR) is 97.7 cm³/mol. The topological polar surface area (TPSA) is 76.7 Å². The van der Waals surface area contributed by atoms with Crippen molar-refractivity contribution < 1.29 is 23.3 Å². The highest BCUT2D eigenvalue weighted by Crippen LogP contribution is 2.36. The second-order valence-electron chi connectivity index (χ2n) is 7.08. The minimum absolute atomic E-state index is 0.0830. The van der Waals surface area contributed by atoms with E-state index in [0.29, 0.717) is 5.46 Å². The number of carbonyl (C=O) groups is 2. The van der Waals surface area contributed by atoms with Gasteiger partial charge in [0.15, 0.2) is 0 Å². The van der Waals surface area contributed by atoms with Gasteiger partial charge in [-0.3, -0.25) is 9.59 Å². The van der Waals surface area contributed by atoms with Crippen LogP contribution in [0.3, 0.4) is 0 Å². The molecule has 0 aliphatic carbocycles. The summed E-state index contributed by atoms with van der Waals surface area (Å²) in [5.74, 6) is -1.56. The quantitative estimate of drug-likeness (QED) is 0.452. The molecule has 0 radical (unpaired) electrons. The van der Waals surface area contributed by atoms with Crippen molar-refractivity contribution in [3.05, 3.63) is 42.2 Å². The second-order valence-corrected chi connectivity index (χ2v) is 7.08. The van der Waals surface area contributed by atoms with Crippen LogP contribution in [0.15, 0.2) is 30.9 Å². The lowest BCUT2D eigenvalue weighted by Gasteiger charge is -2.32. The number of rotatable bonds is 6. The van der Waals surface area contributed by atoms with Gasteiger partial charge in [-0.15, -0.1) is 0 Å². The molecule has 1 aliphatic heterocycles. The van der Waals surface area contributed by atoms with Gasteiger partial charge in [-0.25, -0.2) is 4.39 Å². The minimum atomic E-state index is -0.694. The van der Waals surface area contributed by atoms with E-state index in [1.807, 2.05) is 27.7 Å². The molecule has 0 aromatic heterocycles. The Hall–Kier alpha value is -2.19. The maximum absolute atomic E-state index is 14.4. The van der Waals surface area contributed by atoms with Crippen molar-refractivity contribution in [1.82, 2.24) is 10.6 Å². The molecule has 1 aromatic carbocycles. The van der Waals surface area contributed by atoms with Gasteiger partial charge in [0, 0.05) is 13.1 Å². The molecule has 1 aromatic rings. The van der Waals surface area contributed by atoms with Crippen molar-refractivity contribution in [3.8, 4) is 0 Å². The van der Waals surface area contributed by atoms with Gasteiger partial charge >= 0.3 is 7.12 Å². The van der Waals surface area contributed by atoms with E-state index in [4.69, 9.17) is 9.31 Å². The van der Waals surface area contributed by atoms with E-state index in [0.717, 1.165) is 6.08 Å². The second kappa shape index (κ2) is 7.59. The Morgan fingerprint density at radius 2 is 1.73 bits per heavy atom. The summed E-state index contributed by atoms with van der Waals surface area (Å²) >= 11 is 0. The van der Waals surface area contributed by atoms with Crippen LogP contribution < -0.4 is 16.1 Å². The van der Waals surface area contributed by atoms with Gasteiger partial charge < -0.3 is 19.9 Å². The van der Waals surface area contributed by atoms with Crippen LogP contribution in [0.2, 0.25) is 0 Å². The van der Waals surface area contributed by atoms with Crippen molar-refractivity contribution in [2.75, 3.05) is 13.1 Å². The zero-order valence-corrected chi connectivity index (χ0v) is 15.5. The van der Waals surface area contributed by atoms with Crippen LogP contribution in [-0.2, 0) is 14.1 Å². The average Bonchev–Trinajstić information content (AvgIpc) is 2.78. The summed E-state index contributed by atoms with van der Waals surface area (Å²) in [6, 6.07) is 4.25. The third-order valence-corrected chi connectivity index (χ3v) is 4.66. The van der Waals surface area contributed by atoms with Crippen LogP contribution in [0, 0.1) is 5.82 Å². The fourth-order valence-electron chi connectivity index (χ4n) is 2.37. The highest BCUT2D eigenvalue weighted by Gasteiger charge is 2.51. The van der Waals surface area contributed by atoms with E-state index >= 15 is 0 Å². The maximum Gasteiger partial charge on any atom is 0.494 e. The van der Waals surface area contributed by atoms with Crippen LogP contribution in [0.5, 0.6) is 0 Å². The van der Waals surface area contributed by atoms with Gasteiger partial charge in [0.1, 0.15) is 5.82 Å². The normalized spacial score (nSPS) is 17.7. The molecule has 0 atom stereocenters. The molecule has 6 nitrogen and oxygen atoms in total. The Morgan fingerprint density at radius 3 is 2.27 bits per heavy atom. The number of carbonyl (C=O) groups excluding carboxylic acids is 2. The molecule has 8 heteroatoms. The van der Waals surface area contributed by atoms with E-state index in [1.165, 1.54) is 12.1 Å². The Balaban J connectivity index is 2.00. The molecule has 2 amide bonds. The first-order chi connectivity index (χ1) is 12.1. The highest BCUT2D eigenvalue weighted by molar-refractivity contribution is 6.62. The van der Waals surface area contributed by atoms with Gasteiger partial charge in [0.05, 0.1) is 16.8 Å². The van der Waals surface area contributed by atoms with Crippen LogP contribution in [0.25, 0.3) is 0 Å². The first-order valence-corrected chi connectivity index (χ1v) is 8.41. The Bertz CT molecular complexity index is 705. The lowest BCUT2D eigenvalue weighted by molar-refractivity contribution is -0.116. The first-order valence-electron chi connectivity index (χ1n) is 8.41. The van der Waals surface area contributed by atoms with Crippen molar-refractivity contribution in [2.45, 2.75) is 38.9 Å². The molecule has 2 N–H and O–H groups in total. The summed E-state index contributed by atoms with van der Waals surface area (Å²) in [4.78, 5) is 23.1. The SMILES string of the molecule is C=CC(=O)NCCNC(=O)c1ccc(B2OC(C)(C)C(C)(C)O2)cc1F. The van der Waals surface area contributed by atoms with Crippen LogP contribution >= 0.6 is 0 Å². The first kappa shape index (κ1) is 20.1. The van der Waals surface area contributed by atoms with Gasteiger partial charge in [-0.1, -0.05) is 12.6 Å². The Labute approximate surface area is 153 Å². The molecular weight excluding hydrogens is 338 g/mol. The fourth-order valence-corrected chi connectivity index (χ4v) is 2.37. The van der Waals surface area contributed by atoms with E-state index in [-0.39, 0.29) is 24.6 Å². The van der Waals surface area contributed by atoms with E-state index in [1.54, 1.807) is 6.07 Å². The van der Waals surface area contributed by atoms with E-state index in [2.05, 4.69) is 17.2 Å². The summed E-state index contributed by atoms with van der Waals surface area (Å²) in [5, 5.41) is 5.06. The van der Waals surface area contributed by atoms with Crippen molar-refractivity contribution >= 4 is 24.4 Å². The molecular formula is C18H24BFN2O4. The number of amides is 2. The van der Waals surface area contributed by atoms with Crippen LogP contribution in [0.1, 0.15) is 38.1 Å². The predicted octanol–water partition coefficient (Wildman–Crippen LogP) is 1.16. The smallest absolute Gasteiger partial charge is 0.399 e. The van der Waals surface area contributed by atoms with E-state index < -0.39 is 30.0 Å². The van der Waals surface area contributed by atoms with Gasteiger partial charge in [-0.2, -0.15) is 0 Å². The third-order valence-electron chi connectivity index (χ3n) is 4.66. The Kier molecular flexibility index (Phi) is 5.88. The molecule has 2 rings (SSSR count). The minimum Gasteiger partial charge on any atom is -0.399 e. The number of halogens is 1. The molecule has 1 fully saturated rings. The van der Waals surface area contributed by atoms with Crippen molar-refractivity contribution in [1.29, 1.82) is 0 Å². The monoisotopic (exact) mass is 362 g/mol. The van der Waals surface area contributed by atoms with Crippen LogP contribution in [-0.4, -0.2) is 43.2 Å². The molecule has 0 bridgehead atoms. The van der Waals surface area contributed by atoms with E-state index in [9.17, 15) is 14.0 Å². The third kappa shape index (κ3) is 4.31. The summed E-state index contributed by atoms with van der Waals surface area (Å²) in [5.41, 5.74) is -0.628. The molecule has 26 heavy (non-hydrogen) atoms. The maximum atomic E-state index is 14.4. The van der Waals surface area contributed by atoms with Crippen LogP contribution in [0.4, 0.5) is 4.39 Å². The summed E-state index contributed by atoms with van der Waals surface area (Å²) < 4.78 is 26.1. The molecule has 140 valence electrons. The van der Waals surface area contributed by atoms with Crippen molar-refractivity contribution in [2.24, 2.45) is 0 Å². The largest absolute Gasteiger partial charge is 0.494 e. The lowest BCUT2D eigenvalue weighted by atomic mass is 9.78. The zero-order chi connectivity index (χ0) is 19.5. The van der Waals surface area contributed by atoms with Gasteiger partial charge in [0.2, 0.25) is 5.91 Å². The summed E-state index contributed by atoms with van der Waals surface area (Å²) in [6.45, 7) is 11.4. The average molecular weight is 362 g/mol. The summed E-state index contributed by atoms with van der Waals surface area (Å²) in [7, 11) is -0.694. The van der Waals surface area contributed by atoms with Gasteiger partial charge in [-0.05, 0) is 51.4 Å². The van der Waals surface area contributed by atoms with Crippen molar-refractivity contribution in [3.63, 3.8) is 0 Å². The number of hydrogen-bond donors (Lipinski definition) is 2. The highest BCUT2D eigenvalue weighted by atomic mass is 19.1. The lowest BCUT2D eigenvalue weighted by Crippen LogP contribution is -2.41. The molecule has 0 spiro atoms. The number of hydrogen-bond acceptors (Lipinski definition) is 4. The summed E-state index contributed by atoms with van der Waals surface area (Å²) in [6.07, 6.45) is 1.13. The van der Waals surface area contributed by atoms with Gasteiger partial charge in [0.25, 0.3) is 5.91 Å². The number of benzene rings is 1. The number of nitrogens with one attached hydrogen (secondary N) is 2.